The SMILES string of the molecule is C[C@@H](Nc1ccc(Cl)nc1C(=O)O)c1cccc2c1nc(N1CCC(F)(F)CC1)n1cc(C(F)(F)F)nc21. The normalized spacial score (nSPS) is 16.7. The first-order chi connectivity index (χ1) is 17.8. The second-order valence-corrected chi connectivity index (χ2v) is 9.40. The van der Waals surface area contributed by atoms with Crippen LogP contribution in [0.2, 0.25) is 5.15 Å². The number of carboxylic acid groups (broad SMARTS) is 1. The van der Waals surface area contributed by atoms with E-state index in [1.54, 1.807) is 25.1 Å². The third kappa shape index (κ3) is 4.77. The molecule has 3 aromatic heterocycles. The smallest absolute Gasteiger partial charge is 0.434 e. The largest absolute Gasteiger partial charge is 0.476 e. The molecular weight excluding hydrogens is 535 g/mol. The number of hydrogen-bond acceptors (Lipinski definition) is 6. The number of imidazole rings is 1. The Morgan fingerprint density at radius 3 is 2.50 bits per heavy atom. The Kier molecular flexibility index (Phi) is 6.28. The second-order valence-electron chi connectivity index (χ2n) is 9.02. The molecule has 1 atom stereocenters. The van der Waals surface area contributed by atoms with E-state index in [1.165, 1.54) is 21.4 Å². The number of alkyl halides is 5. The quantitative estimate of drug-likeness (QED) is 0.229. The highest BCUT2D eigenvalue weighted by Gasteiger charge is 2.37. The molecule has 1 fully saturated rings. The average molecular weight is 555 g/mol. The number of benzene rings is 1. The standard InChI is InChI=1S/C24H20ClF5N6O2/c1-12(31-15-5-6-17(25)33-19(15)21(37)38)13-3-2-4-14-18(13)34-22(35-9-7-23(26,27)8-10-35)36-11-16(24(28,29)30)32-20(14)36/h2-6,11-12,31H,7-10H2,1H3,(H,37,38)/t12-/m1/s1. The van der Waals surface area contributed by atoms with Crippen LogP contribution in [0.15, 0.2) is 36.5 Å². The van der Waals surface area contributed by atoms with Gasteiger partial charge in [0, 0.05) is 43.1 Å². The molecule has 0 saturated carbocycles. The summed E-state index contributed by atoms with van der Waals surface area (Å²) in [4.78, 5) is 25.5. The van der Waals surface area contributed by atoms with Gasteiger partial charge in [-0.1, -0.05) is 23.7 Å². The molecule has 0 unspecified atom stereocenters. The van der Waals surface area contributed by atoms with Crippen LogP contribution in [0, 0.1) is 0 Å². The molecule has 4 heterocycles. The molecule has 0 aliphatic carbocycles. The molecule has 2 N–H and O–H groups in total. The van der Waals surface area contributed by atoms with E-state index < -0.39 is 42.6 Å². The lowest BCUT2D eigenvalue weighted by molar-refractivity contribution is -0.140. The number of para-hydroxylation sites is 1. The van der Waals surface area contributed by atoms with Crippen molar-refractivity contribution < 1.29 is 31.9 Å². The molecule has 4 aromatic rings. The number of anilines is 2. The van der Waals surface area contributed by atoms with Crippen LogP contribution in [0.3, 0.4) is 0 Å². The van der Waals surface area contributed by atoms with E-state index >= 15 is 0 Å². The predicted octanol–water partition coefficient (Wildman–Crippen LogP) is 6.06. The number of aromatic nitrogens is 4. The summed E-state index contributed by atoms with van der Waals surface area (Å²) in [6, 6.07) is 7.16. The molecule has 1 aromatic carbocycles. The fraction of sp³-hybridized carbons (Fsp3) is 0.333. The van der Waals surface area contributed by atoms with E-state index in [4.69, 9.17) is 11.6 Å². The van der Waals surface area contributed by atoms with Gasteiger partial charge in [0.05, 0.1) is 17.2 Å². The zero-order valence-electron chi connectivity index (χ0n) is 19.7. The predicted molar refractivity (Wildman–Crippen MR) is 130 cm³/mol. The van der Waals surface area contributed by atoms with E-state index in [-0.39, 0.29) is 41.2 Å². The fourth-order valence-electron chi connectivity index (χ4n) is 4.51. The Hall–Kier alpha value is -3.74. The third-order valence-electron chi connectivity index (χ3n) is 6.41. The van der Waals surface area contributed by atoms with Crippen molar-refractivity contribution in [3.8, 4) is 0 Å². The molecule has 38 heavy (non-hydrogen) atoms. The molecule has 0 bridgehead atoms. The topological polar surface area (TPSA) is 95.6 Å². The minimum Gasteiger partial charge on any atom is -0.476 e. The van der Waals surface area contributed by atoms with Gasteiger partial charge < -0.3 is 15.3 Å². The van der Waals surface area contributed by atoms with Crippen molar-refractivity contribution in [2.24, 2.45) is 0 Å². The van der Waals surface area contributed by atoms with Gasteiger partial charge in [-0.15, -0.1) is 0 Å². The van der Waals surface area contributed by atoms with E-state index in [0.29, 0.717) is 16.5 Å². The zero-order chi connectivity index (χ0) is 27.4. The van der Waals surface area contributed by atoms with Crippen molar-refractivity contribution in [3.63, 3.8) is 0 Å². The maximum absolute atomic E-state index is 13.8. The van der Waals surface area contributed by atoms with E-state index in [9.17, 15) is 31.9 Å². The Morgan fingerprint density at radius 2 is 1.84 bits per heavy atom. The minimum atomic E-state index is -4.73. The highest BCUT2D eigenvalue weighted by molar-refractivity contribution is 6.29. The van der Waals surface area contributed by atoms with Crippen LogP contribution < -0.4 is 10.2 Å². The molecule has 1 saturated heterocycles. The molecule has 0 amide bonds. The van der Waals surface area contributed by atoms with Gasteiger partial charge in [-0.3, -0.25) is 4.40 Å². The van der Waals surface area contributed by atoms with Crippen LogP contribution >= 0.6 is 11.6 Å². The molecule has 0 spiro atoms. The molecule has 5 rings (SSSR count). The number of carboxylic acids is 1. The first-order valence-electron chi connectivity index (χ1n) is 11.5. The Morgan fingerprint density at radius 1 is 1.13 bits per heavy atom. The third-order valence-corrected chi connectivity index (χ3v) is 6.62. The summed E-state index contributed by atoms with van der Waals surface area (Å²) in [5, 5.41) is 12.9. The summed E-state index contributed by atoms with van der Waals surface area (Å²) in [6.07, 6.45) is -4.84. The van der Waals surface area contributed by atoms with Crippen LogP contribution in [-0.2, 0) is 6.18 Å². The average Bonchev–Trinajstić information content (AvgIpc) is 3.31. The Labute approximate surface area is 217 Å². The van der Waals surface area contributed by atoms with Crippen LogP contribution in [0.4, 0.5) is 33.6 Å². The van der Waals surface area contributed by atoms with Gasteiger partial charge in [0.1, 0.15) is 10.8 Å². The monoisotopic (exact) mass is 554 g/mol. The summed E-state index contributed by atoms with van der Waals surface area (Å²) in [5.74, 6) is -4.11. The molecule has 0 radical (unpaired) electrons. The van der Waals surface area contributed by atoms with Crippen molar-refractivity contribution in [2.45, 2.75) is 37.9 Å². The highest BCUT2D eigenvalue weighted by atomic mass is 35.5. The molecule has 14 heteroatoms. The molecule has 200 valence electrons. The van der Waals surface area contributed by atoms with Gasteiger partial charge in [-0.25, -0.2) is 28.5 Å². The lowest BCUT2D eigenvalue weighted by atomic mass is 10.0. The van der Waals surface area contributed by atoms with E-state index in [1.807, 2.05) is 0 Å². The number of halogens is 6. The highest BCUT2D eigenvalue weighted by Crippen LogP contribution is 2.36. The lowest BCUT2D eigenvalue weighted by Gasteiger charge is -2.33. The number of carbonyl (C=O) groups is 1. The minimum absolute atomic E-state index is 0.00801. The summed E-state index contributed by atoms with van der Waals surface area (Å²) in [5.41, 5.74) is -0.473. The molecule has 1 aliphatic heterocycles. The number of piperidine rings is 1. The number of nitrogens with one attached hydrogen (secondary N) is 1. The molecular formula is C24H20ClF5N6O2. The van der Waals surface area contributed by atoms with Crippen molar-refractivity contribution in [3.05, 3.63) is 58.6 Å². The van der Waals surface area contributed by atoms with Gasteiger partial charge in [-0.2, -0.15) is 13.2 Å². The summed E-state index contributed by atoms with van der Waals surface area (Å²) < 4.78 is 69.7. The Bertz CT molecular complexity index is 1550. The van der Waals surface area contributed by atoms with Gasteiger partial charge >= 0.3 is 12.1 Å². The summed E-state index contributed by atoms with van der Waals surface area (Å²) in [6.45, 7) is 1.51. The van der Waals surface area contributed by atoms with Gasteiger partial charge in [0.15, 0.2) is 11.4 Å². The van der Waals surface area contributed by atoms with Gasteiger partial charge in [-0.05, 0) is 25.1 Å². The second kappa shape index (κ2) is 9.22. The lowest BCUT2D eigenvalue weighted by Crippen LogP contribution is -2.40. The van der Waals surface area contributed by atoms with Crippen molar-refractivity contribution >= 4 is 45.8 Å². The zero-order valence-corrected chi connectivity index (χ0v) is 20.5. The van der Waals surface area contributed by atoms with Crippen molar-refractivity contribution in [1.82, 2.24) is 19.4 Å². The van der Waals surface area contributed by atoms with Crippen LogP contribution in [-0.4, -0.2) is 49.4 Å². The van der Waals surface area contributed by atoms with Gasteiger partial charge in [0.2, 0.25) is 5.95 Å². The van der Waals surface area contributed by atoms with Gasteiger partial charge in [0.25, 0.3) is 5.92 Å². The maximum Gasteiger partial charge on any atom is 0.434 e. The van der Waals surface area contributed by atoms with Crippen LogP contribution in [0.5, 0.6) is 0 Å². The molecule has 1 aliphatic rings. The van der Waals surface area contributed by atoms with Crippen molar-refractivity contribution in [2.75, 3.05) is 23.3 Å². The van der Waals surface area contributed by atoms with E-state index in [2.05, 4.69) is 20.3 Å². The number of aromatic carboxylic acids is 1. The number of hydrogen-bond donors (Lipinski definition) is 2. The molecule has 8 nitrogen and oxygen atoms in total. The van der Waals surface area contributed by atoms with E-state index in [0.717, 1.165) is 6.20 Å². The Balaban J connectivity index is 1.66. The fourth-order valence-corrected chi connectivity index (χ4v) is 4.66. The summed E-state index contributed by atoms with van der Waals surface area (Å²) >= 11 is 5.84. The number of fused-ring (bicyclic) bond motifs is 3. The number of rotatable bonds is 5. The van der Waals surface area contributed by atoms with Crippen molar-refractivity contribution in [1.29, 1.82) is 0 Å². The first kappa shape index (κ1) is 25.9. The number of pyridine rings is 1. The van der Waals surface area contributed by atoms with Crippen LogP contribution in [0.1, 0.15) is 47.6 Å². The summed E-state index contributed by atoms with van der Waals surface area (Å²) in [7, 11) is 0. The maximum atomic E-state index is 13.8. The first-order valence-corrected chi connectivity index (χ1v) is 11.9. The number of nitrogens with zero attached hydrogens (tertiary/aromatic N) is 5. The van der Waals surface area contributed by atoms with Crippen LogP contribution in [0.25, 0.3) is 16.6 Å².